The predicted octanol–water partition coefficient (Wildman–Crippen LogP) is 1.77. The van der Waals surface area contributed by atoms with Crippen LogP contribution in [0.2, 0.25) is 0 Å². The van der Waals surface area contributed by atoms with Gasteiger partial charge in [0.05, 0.1) is 22.6 Å². The van der Waals surface area contributed by atoms with Gasteiger partial charge in [0, 0.05) is 0 Å². The number of hydrogen-bond donors (Lipinski definition) is 2. The zero-order chi connectivity index (χ0) is 19.5. The van der Waals surface area contributed by atoms with E-state index in [2.05, 4.69) is 0 Å². The van der Waals surface area contributed by atoms with Crippen LogP contribution in [0.4, 0.5) is 5.69 Å². The van der Waals surface area contributed by atoms with Gasteiger partial charge in [-0.1, -0.05) is 25.3 Å². The third-order valence-corrected chi connectivity index (χ3v) is 7.48. The normalized spacial score (nSPS) is 16.6. The molecule has 0 unspecified atom stereocenters. The number of para-hydroxylation sites is 1. The Morgan fingerprint density at radius 2 is 1.77 bits per heavy atom. The van der Waals surface area contributed by atoms with Gasteiger partial charge in [-0.3, -0.25) is 8.98 Å². The fourth-order valence-corrected chi connectivity index (χ4v) is 5.63. The number of anilines is 1. The van der Waals surface area contributed by atoms with Crippen molar-refractivity contribution in [1.82, 2.24) is 4.72 Å². The average molecular weight is 405 g/mol. The van der Waals surface area contributed by atoms with Crippen molar-refractivity contribution in [1.29, 1.82) is 0 Å². The molecule has 1 aromatic carbocycles. The molecule has 1 aromatic rings. The molecule has 1 aliphatic carbocycles. The first kappa shape index (κ1) is 20.7. The molecule has 2 rings (SSSR count). The minimum absolute atomic E-state index is 0.224. The monoisotopic (exact) mass is 404 g/mol. The van der Waals surface area contributed by atoms with Crippen molar-refractivity contribution in [2.24, 2.45) is 0 Å². The Morgan fingerprint density at radius 3 is 2.35 bits per heavy atom. The van der Waals surface area contributed by atoms with E-state index in [9.17, 15) is 21.6 Å². The van der Waals surface area contributed by atoms with E-state index >= 15 is 0 Å². The van der Waals surface area contributed by atoms with Crippen LogP contribution in [0, 0.1) is 0 Å². The van der Waals surface area contributed by atoms with Gasteiger partial charge in [-0.2, -0.15) is 8.42 Å². The predicted molar refractivity (Wildman–Crippen MR) is 97.5 cm³/mol. The first-order valence-corrected chi connectivity index (χ1v) is 11.4. The first-order valence-electron chi connectivity index (χ1n) is 8.42. The average Bonchev–Trinajstić information content (AvgIpc) is 2.54. The Bertz CT molecular complexity index is 872. The van der Waals surface area contributed by atoms with Crippen molar-refractivity contribution in [3.8, 4) is 0 Å². The van der Waals surface area contributed by atoms with Gasteiger partial charge in [-0.25, -0.2) is 13.1 Å². The van der Waals surface area contributed by atoms with Crippen molar-refractivity contribution in [2.75, 3.05) is 5.73 Å². The lowest BCUT2D eigenvalue weighted by molar-refractivity contribution is 0.0981. The van der Waals surface area contributed by atoms with Crippen LogP contribution in [-0.2, 0) is 24.3 Å². The number of nitrogen functional groups attached to an aromatic ring is 1. The number of rotatable bonds is 6. The molecule has 0 aliphatic heterocycles. The van der Waals surface area contributed by atoms with Gasteiger partial charge in [0.2, 0.25) is 10.0 Å². The Labute approximate surface area is 154 Å². The van der Waals surface area contributed by atoms with E-state index in [0.29, 0.717) is 12.8 Å². The minimum atomic E-state index is -4.16. The van der Waals surface area contributed by atoms with Gasteiger partial charge in [-0.15, -0.1) is 0 Å². The maximum absolute atomic E-state index is 12.4. The van der Waals surface area contributed by atoms with Crippen LogP contribution in [0.25, 0.3) is 0 Å². The molecule has 0 heterocycles. The summed E-state index contributed by atoms with van der Waals surface area (Å²) in [4.78, 5) is 12.1. The van der Waals surface area contributed by atoms with Gasteiger partial charge in [0.1, 0.15) is 4.90 Å². The smallest absolute Gasteiger partial charge is 0.299 e. The zero-order valence-electron chi connectivity index (χ0n) is 14.8. The number of hydrogen-bond acceptors (Lipinski definition) is 7. The number of benzene rings is 1. The van der Waals surface area contributed by atoms with Crippen molar-refractivity contribution in [2.45, 2.75) is 62.2 Å². The molecule has 26 heavy (non-hydrogen) atoms. The molecule has 0 radical (unpaired) electrons. The van der Waals surface area contributed by atoms with Crippen LogP contribution in [0.3, 0.4) is 0 Å². The van der Waals surface area contributed by atoms with Crippen LogP contribution in [0.15, 0.2) is 23.1 Å². The van der Waals surface area contributed by atoms with Crippen LogP contribution >= 0.6 is 0 Å². The van der Waals surface area contributed by atoms with Crippen LogP contribution < -0.4 is 10.5 Å². The van der Waals surface area contributed by atoms with E-state index in [0.717, 1.165) is 19.3 Å². The summed E-state index contributed by atoms with van der Waals surface area (Å²) in [6.07, 6.45) is 2.94. The number of carbonyl (C=O) groups excluding carboxylic acids is 1. The third-order valence-electron chi connectivity index (χ3n) is 4.13. The SMILES string of the molecule is CC(C)OS(=O)(=O)c1cccc(C(=O)NS(=O)(=O)C2CCCCC2)c1N. The summed E-state index contributed by atoms with van der Waals surface area (Å²) in [5, 5.41) is -0.627. The quantitative estimate of drug-likeness (QED) is 0.545. The summed E-state index contributed by atoms with van der Waals surface area (Å²) >= 11 is 0. The van der Waals surface area contributed by atoms with Crippen molar-refractivity contribution < 1.29 is 25.8 Å². The van der Waals surface area contributed by atoms with Gasteiger partial charge >= 0.3 is 0 Å². The van der Waals surface area contributed by atoms with E-state index in [1.165, 1.54) is 18.2 Å². The Morgan fingerprint density at radius 1 is 1.15 bits per heavy atom. The highest BCUT2D eigenvalue weighted by Gasteiger charge is 2.30. The number of sulfonamides is 1. The second-order valence-electron chi connectivity index (χ2n) is 6.55. The van der Waals surface area contributed by atoms with E-state index in [4.69, 9.17) is 9.92 Å². The zero-order valence-corrected chi connectivity index (χ0v) is 16.4. The molecule has 0 aromatic heterocycles. The highest BCUT2D eigenvalue weighted by atomic mass is 32.2. The minimum Gasteiger partial charge on any atom is -0.397 e. The largest absolute Gasteiger partial charge is 0.397 e. The molecule has 0 spiro atoms. The molecule has 3 N–H and O–H groups in total. The summed E-state index contributed by atoms with van der Waals surface area (Å²) < 4.78 is 56.1. The molecule has 146 valence electrons. The molecule has 1 amide bonds. The highest BCUT2D eigenvalue weighted by Crippen LogP contribution is 2.26. The number of nitrogens with two attached hydrogens (primary N) is 1. The summed E-state index contributed by atoms with van der Waals surface area (Å²) in [7, 11) is -8.02. The van der Waals surface area contributed by atoms with Crippen molar-refractivity contribution in [3.05, 3.63) is 23.8 Å². The topological polar surface area (TPSA) is 133 Å². The van der Waals surface area contributed by atoms with Crippen molar-refractivity contribution in [3.63, 3.8) is 0 Å². The van der Waals surface area contributed by atoms with E-state index in [1.807, 2.05) is 4.72 Å². The lowest BCUT2D eigenvalue weighted by Gasteiger charge is -2.22. The maximum Gasteiger partial charge on any atom is 0.299 e. The molecular formula is C16H24N2O6S2. The Balaban J connectivity index is 2.29. The van der Waals surface area contributed by atoms with Gasteiger partial charge in [0.25, 0.3) is 16.0 Å². The Hall–Kier alpha value is -1.65. The highest BCUT2D eigenvalue weighted by molar-refractivity contribution is 7.90. The third kappa shape index (κ3) is 4.74. The summed E-state index contributed by atoms with van der Waals surface area (Å²) in [6, 6.07) is 3.80. The van der Waals surface area contributed by atoms with Gasteiger partial charge in [0.15, 0.2) is 0 Å². The molecule has 10 heteroatoms. The van der Waals surface area contributed by atoms with Crippen LogP contribution in [-0.4, -0.2) is 34.1 Å². The second kappa shape index (κ2) is 7.93. The van der Waals surface area contributed by atoms with E-state index in [1.54, 1.807) is 13.8 Å². The maximum atomic E-state index is 12.4. The molecule has 1 saturated carbocycles. The molecule has 0 atom stereocenters. The molecule has 0 bridgehead atoms. The van der Waals surface area contributed by atoms with Gasteiger partial charge < -0.3 is 5.73 Å². The lowest BCUT2D eigenvalue weighted by atomic mass is 10.0. The van der Waals surface area contributed by atoms with Crippen LogP contribution in [0.5, 0.6) is 0 Å². The van der Waals surface area contributed by atoms with Gasteiger partial charge in [-0.05, 0) is 38.8 Å². The van der Waals surface area contributed by atoms with E-state index < -0.39 is 37.4 Å². The van der Waals surface area contributed by atoms with Crippen LogP contribution in [0.1, 0.15) is 56.3 Å². The molecule has 8 nitrogen and oxygen atoms in total. The number of amides is 1. The standard InChI is InChI=1S/C16H24N2O6S2/c1-11(2)24-26(22,23)14-10-6-9-13(15(14)17)16(19)18-25(20,21)12-7-4-3-5-8-12/h6,9-12H,3-5,7-8,17H2,1-2H3,(H,18,19). The van der Waals surface area contributed by atoms with E-state index in [-0.39, 0.29) is 16.1 Å². The number of nitrogens with one attached hydrogen (secondary N) is 1. The number of carbonyl (C=O) groups is 1. The summed E-state index contributed by atoms with van der Waals surface area (Å²) in [5.74, 6) is -0.949. The molecule has 1 fully saturated rings. The Kier molecular flexibility index (Phi) is 6.30. The fourth-order valence-electron chi connectivity index (χ4n) is 2.91. The molecule has 0 saturated heterocycles. The summed E-state index contributed by atoms with van der Waals surface area (Å²) in [5.41, 5.74) is 5.26. The summed E-state index contributed by atoms with van der Waals surface area (Å²) in [6.45, 7) is 3.09. The molecular weight excluding hydrogens is 380 g/mol. The fraction of sp³-hybridized carbons (Fsp3) is 0.562. The second-order valence-corrected chi connectivity index (χ2v) is 10.1. The lowest BCUT2D eigenvalue weighted by Crippen LogP contribution is -2.39. The molecule has 1 aliphatic rings. The first-order chi connectivity index (χ1) is 12.0. The van der Waals surface area contributed by atoms with Crippen molar-refractivity contribution >= 4 is 31.7 Å².